The summed E-state index contributed by atoms with van der Waals surface area (Å²) >= 11 is 0. The van der Waals surface area contributed by atoms with Crippen molar-refractivity contribution in [2.45, 2.75) is 12.8 Å². The number of carbonyl (C=O) groups excluding carboxylic acids is 2. The number of pyridine rings is 1. The summed E-state index contributed by atoms with van der Waals surface area (Å²) in [4.78, 5) is 30.7. The van der Waals surface area contributed by atoms with E-state index in [9.17, 15) is 9.59 Å². The smallest absolute Gasteiger partial charge is 0.269 e. The van der Waals surface area contributed by atoms with Crippen molar-refractivity contribution in [3.63, 3.8) is 0 Å². The van der Waals surface area contributed by atoms with Crippen molar-refractivity contribution >= 4 is 17.5 Å². The van der Waals surface area contributed by atoms with Crippen LogP contribution in [0.25, 0.3) is 0 Å². The van der Waals surface area contributed by atoms with Crippen LogP contribution in [-0.4, -0.2) is 30.4 Å². The Morgan fingerprint density at radius 2 is 1.64 bits per heavy atom. The van der Waals surface area contributed by atoms with Gasteiger partial charge >= 0.3 is 0 Å². The van der Waals surface area contributed by atoms with Crippen molar-refractivity contribution in [3.05, 3.63) is 95.8 Å². The van der Waals surface area contributed by atoms with E-state index in [2.05, 4.69) is 22.4 Å². The van der Waals surface area contributed by atoms with Gasteiger partial charge in [0.2, 0.25) is 0 Å². The minimum atomic E-state index is -0.273. The topological polar surface area (TPSA) is 62.3 Å². The van der Waals surface area contributed by atoms with Crippen molar-refractivity contribution in [2.24, 2.45) is 0 Å². The molecule has 0 spiro atoms. The van der Waals surface area contributed by atoms with Crippen molar-refractivity contribution in [3.8, 4) is 0 Å². The molecule has 0 unspecified atom stereocenters. The van der Waals surface area contributed by atoms with Crippen LogP contribution in [0.5, 0.6) is 0 Å². The number of rotatable bonds is 7. The van der Waals surface area contributed by atoms with Gasteiger partial charge in [-0.2, -0.15) is 0 Å². The van der Waals surface area contributed by atoms with Gasteiger partial charge in [-0.1, -0.05) is 48.5 Å². The lowest BCUT2D eigenvalue weighted by Crippen LogP contribution is -2.28. The first-order chi connectivity index (χ1) is 13.6. The number of anilines is 1. The molecule has 0 saturated heterocycles. The van der Waals surface area contributed by atoms with Gasteiger partial charge in [0, 0.05) is 31.0 Å². The van der Waals surface area contributed by atoms with Crippen LogP contribution < -0.4 is 10.2 Å². The minimum absolute atomic E-state index is 0.188. The second-order valence-electron chi connectivity index (χ2n) is 6.47. The van der Waals surface area contributed by atoms with Crippen molar-refractivity contribution < 1.29 is 9.59 Å². The third-order valence-electron chi connectivity index (χ3n) is 4.46. The van der Waals surface area contributed by atoms with Crippen LogP contribution in [-0.2, 0) is 6.42 Å². The lowest BCUT2D eigenvalue weighted by atomic mass is 10.1. The van der Waals surface area contributed by atoms with E-state index in [1.165, 1.54) is 17.8 Å². The Bertz CT molecular complexity index is 927. The molecule has 0 fully saturated rings. The monoisotopic (exact) mass is 373 g/mol. The van der Waals surface area contributed by atoms with Gasteiger partial charge in [-0.15, -0.1) is 0 Å². The van der Waals surface area contributed by atoms with Crippen molar-refractivity contribution in [2.75, 3.05) is 18.5 Å². The number of para-hydroxylation sites is 1. The van der Waals surface area contributed by atoms with Crippen LogP contribution in [0.2, 0.25) is 0 Å². The number of nitrogens with zero attached hydrogens (tertiary/aromatic N) is 2. The summed E-state index contributed by atoms with van der Waals surface area (Å²) < 4.78 is 0. The van der Waals surface area contributed by atoms with Crippen molar-refractivity contribution in [1.82, 2.24) is 10.3 Å². The Hall–Kier alpha value is -3.47. The van der Waals surface area contributed by atoms with Crippen molar-refractivity contribution in [1.29, 1.82) is 0 Å². The van der Waals surface area contributed by atoms with Gasteiger partial charge in [-0.25, -0.2) is 0 Å². The fraction of sp³-hybridized carbons (Fsp3) is 0.174. The van der Waals surface area contributed by atoms with Crippen LogP contribution in [0, 0.1) is 0 Å². The van der Waals surface area contributed by atoms with E-state index in [0.717, 1.165) is 18.5 Å². The normalized spacial score (nSPS) is 10.3. The van der Waals surface area contributed by atoms with E-state index in [4.69, 9.17) is 0 Å². The number of aryl methyl sites for hydroxylation is 1. The lowest BCUT2D eigenvalue weighted by Gasteiger charge is -2.17. The molecule has 5 nitrogen and oxygen atoms in total. The second kappa shape index (κ2) is 9.46. The van der Waals surface area contributed by atoms with Crippen LogP contribution in [0.15, 0.2) is 79.0 Å². The molecule has 2 amide bonds. The predicted molar refractivity (Wildman–Crippen MR) is 111 cm³/mol. The summed E-state index contributed by atoms with van der Waals surface area (Å²) in [6, 6.07) is 22.7. The number of amides is 2. The predicted octanol–water partition coefficient (Wildman–Crippen LogP) is 3.72. The zero-order valence-electron chi connectivity index (χ0n) is 15.8. The SMILES string of the molecule is CN(C(=O)c1ccnc(C(=O)NCCCc2ccccc2)c1)c1ccccc1. The maximum Gasteiger partial charge on any atom is 0.269 e. The molecule has 28 heavy (non-hydrogen) atoms. The van der Waals surface area contributed by atoms with Gasteiger partial charge in [0.25, 0.3) is 11.8 Å². The Kier molecular flexibility index (Phi) is 6.52. The summed E-state index contributed by atoms with van der Waals surface area (Å²) in [5.41, 5.74) is 2.70. The van der Waals surface area contributed by atoms with Gasteiger partial charge in [0.1, 0.15) is 5.69 Å². The van der Waals surface area contributed by atoms with E-state index in [-0.39, 0.29) is 17.5 Å². The molecule has 0 aliphatic heterocycles. The number of nitrogens with one attached hydrogen (secondary N) is 1. The second-order valence-corrected chi connectivity index (χ2v) is 6.47. The largest absolute Gasteiger partial charge is 0.351 e. The highest BCUT2D eigenvalue weighted by Crippen LogP contribution is 2.15. The summed E-state index contributed by atoms with van der Waals surface area (Å²) in [7, 11) is 1.71. The molecule has 0 atom stereocenters. The Morgan fingerprint density at radius 3 is 2.36 bits per heavy atom. The van der Waals surface area contributed by atoms with Gasteiger partial charge in [0.05, 0.1) is 0 Å². The third-order valence-corrected chi connectivity index (χ3v) is 4.46. The quantitative estimate of drug-likeness (QED) is 0.642. The molecule has 0 aliphatic rings. The van der Waals surface area contributed by atoms with Crippen LogP contribution in [0.1, 0.15) is 32.8 Å². The van der Waals surface area contributed by atoms with Gasteiger partial charge < -0.3 is 10.2 Å². The van der Waals surface area contributed by atoms with Gasteiger partial charge in [-0.3, -0.25) is 14.6 Å². The molecule has 0 bridgehead atoms. The number of carbonyl (C=O) groups is 2. The molecular formula is C23H23N3O2. The summed E-state index contributed by atoms with van der Waals surface area (Å²) in [6.07, 6.45) is 3.23. The van der Waals surface area contributed by atoms with E-state index in [1.807, 2.05) is 48.5 Å². The molecule has 3 aromatic rings. The van der Waals surface area contributed by atoms with Crippen LogP contribution in [0.4, 0.5) is 5.69 Å². The zero-order valence-corrected chi connectivity index (χ0v) is 15.8. The number of aromatic nitrogens is 1. The summed E-state index contributed by atoms with van der Waals surface area (Å²) in [6.45, 7) is 0.553. The molecule has 2 aromatic carbocycles. The molecule has 5 heteroatoms. The molecular weight excluding hydrogens is 350 g/mol. The highest BCUT2D eigenvalue weighted by atomic mass is 16.2. The van der Waals surface area contributed by atoms with E-state index < -0.39 is 0 Å². The molecule has 0 aliphatic carbocycles. The Morgan fingerprint density at radius 1 is 0.964 bits per heavy atom. The molecule has 3 rings (SSSR count). The highest BCUT2D eigenvalue weighted by Gasteiger charge is 2.16. The molecule has 0 radical (unpaired) electrons. The molecule has 1 N–H and O–H groups in total. The maximum absolute atomic E-state index is 12.7. The summed E-state index contributed by atoms with van der Waals surface area (Å²) in [5, 5.41) is 2.87. The average molecular weight is 373 g/mol. The molecule has 142 valence electrons. The first-order valence-electron chi connectivity index (χ1n) is 9.26. The maximum atomic E-state index is 12.7. The summed E-state index contributed by atoms with van der Waals surface area (Å²) in [5.74, 6) is -0.461. The third kappa shape index (κ3) is 5.04. The zero-order chi connectivity index (χ0) is 19.8. The Labute approximate surface area is 165 Å². The van der Waals surface area contributed by atoms with Gasteiger partial charge in [0.15, 0.2) is 0 Å². The first kappa shape index (κ1) is 19.3. The number of hydrogen-bond acceptors (Lipinski definition) is 3. The van der Waals surface area contributed by atoms with Crippen LogP contribution in [0.3, 0.4) is 0 Å². The van der Waals surface area contributed by atoms with E-state index >= 15 is 0 Å². The number of benzene rings is 2. The molecule has 1 heterocycles. The molecule has 1 aromatic heterocycles. The lowest BCUT2D eigenvalue weighted by molar-refractivity contribution is 0.0948. The molecule has 0 saturated carbocycles. The van der Waals surface area contributed by atoms with E-state index in [1.54, 1.807) is 18.0 Å². The van der Waals surface area contributed by atoms with Crippen LogP contribution >= 0.6 is 0 Å². The average Bonchev–Trinajstić information content (AvgIpc) is 2.77. The minimum Gasteiger partial charge on any atom is -0.351 e. The number of hydrogen-bond donors (Lipinski definition) is 1. The first-order valence-corrected chi connectivity index (χ1v) is 9.26. The highest BCUT2D eigenvalue weighted by molar-refractivity contribution is 6.06. The Balaban J connectivity index is 1.57. The fourth-order valence-corrected chi connectivity index (χ4v) is 2.88. The fourth-order valence-electron chi connectivity index (χ4n) is 2.88. The van der Waals surface area contributed by atoms with E-state index in [0.29, 0.717) is 12.1 Å². The van der Waals surface area contributed by atoms with Gasteiger partial charge in [-0.05, 0) is 42.7 Å². The standard InChI is InChI=1S/C23H23N3O2/c1-26(20-12-6-3-7-13-20)23(28)19-14-16-24-21(17-19)22(27)25-15-8-11-18-9-4-2-5-10-18/h2-7,9-10,12-14,16-17H,8,11,15H2,1H3,(H,25,27).